The zero-order valence-corrected chi connectivity index (χ0v) is 16.4. The Bertz CT molecular complexity index is 1560. The number of rotatable bonds is 1. The molecular weight excluding hydrogens is 354 g/mol. The fourth-order valence-corrected chi connectivity index (χ4v) is 4.72. The van der Waals surface area contributed by atoms with Gasteiger partial charge in [0, 0.05) is 16.6 Å². The average molecular weight is 380 g/mol. The topological polar surface area (TPSA) is 21.7 Å². The third kappa shape index (κ3) is 2.18. The summed E-state index contributed by atoms with van der Waals surface area (Å²) in [6, 6.07) is 20.5. The van der Waals surface area contributed by atoms with Crippen molar-refractivity contribution >= 4 is 21.8 Å². The maximum atomic E-state index is 8.38. The summed E-state index contributed by atoms with van der Waals surface area (Å²) in [7, 11) is 2.02. The second kappa shape index (κ2) is 5.77. The summed E-state index contributed by atoms with van der Waals surface area (Å²) in [6.45, 7) is -0.272. The van der Waals surface area contributed by atoms with Gasteiger partial charge in [-0.2, -0.15) is 0 Å². The van der Waals surface area contributed by atoms with E-state index < -0.39 is 6.85 Å². The number of aromatic nitrogens is 3. The SMILES string of the molecule is [2H]C([2H])([2H])c1c(C)c(-c2c3ccccc3cc[n+]2C)cc2c1Cc1nc3ccccc3n1-2. The molecule has 0 atom stereocenters. The first-order valence-electron chi connectivity index (χ1n) is 11.4. The molecule has 3 heteroatoms. The van der Waals surface area contributed by atoms with E-state index in [1.165, 1.54) is 0 Å². The lowest BCUT2D eigenvalue weighted by Crippen LogP contribution is -2.30. The van der Waals surface area contributed by atoms with Crippen LogP contribution in [0.15, 0.2) is 66.9 Å². The van der Waals surface area contributed by atoms with Crippen LogP contribution in [-0.2, 0) is 13.5 Å². The molecule has 3 nitrogen and oxygen atoms in total. The van der Waals surface area contributed by atoms with Crippen LogP contribution in [-0.4, -0.2) is 9.55 Å². The van der Waals surface area contributed by atoms with Crippen LogP contribution in [0.5, 0.6) is 0 Å². The van der Waals surface area contributed by atoms with Gasteiger partial charge < -0.3 is 0 Å². The molecule has 3 aromatic carbocycles. The van der Waals surface area contributed by atoms with Crippen molar-refractivity contribution in [2.75, 3.05) is 0 Å². The van der Waals surface area contributed by atoms with Crippen LogP contribution in [0.4, 0.5) is 0 Å². The first kappa shape index (κ1) is 13.7. The van der Waals surface area contributed by atoms with Gasteiger partial charge in [0.1, 0.15) is 12.9 Å². The van der Waals surface area contributed by atoms with E-state index >= 15 is 0 Å². The Morgan fingerprint density at radius 3 is 2.76 bits per heavy atom. The lowest BCUT2D eigenvalue weighted by molar-refractivity contribution is -0.659. The van der Waals surface area contributed by atoms with Crippen LogP contribution in [0.2, 0.25) is 0 Å². The molecule has 140 valence electrons. The second-order valence-electron chi connectivity index (χ2n) is 7.81. The van der Waals surface area contributed by atoms with Gasteiger partial charge in [-0.3, -0.25) is 4.57 Å². The van der Waals surface area contributed by atoms with E-state index in [9.17, 15) is 0 Å². The van der Waals surface area contributed by atoms with Crippen molar-refractivity contribution in [2.45, 2.75) is 20.2 Å². The monoisotopic (exact) mass is 379 g/mol. The highest BCUT2D eigenvalue weighted by molar-refractivity contribution is 5.94. The van der Waals surface area contributed by atoms with Gasteiger partial charge in [0.15, 0.2) is 6.20 Å². The first-order valence-corrected chi connectivity index (χ1v) is 9.86. The summed E-state index contributed by atoms with van der Waals surface area (Å²) in [6.07, 6.45) is 2.57. The van der Waals surface area contributed by atoms with Crippen LogP contribution < -0.4 is 4.57 Å². The van der Waals surface area contributed by atoms with Crippen molar-refractivity contribution in [3.8, 4) is 16.9 Å². The van der Waals surface area contributed by atoms with Crippen molar-refractivity contribution in [2.24, 2.45) is 7.05 Å². The molecule has 2 aromatic heterocycles. The summed E-state index contributed by atoms with van der Waals surface area (Å²) in [4.78, 5) is 4.80. The molecule has 1 aliphatic heterocycles. The Hall–Kier alpha value is -3.46. The molecule has 5 aromatic rings. The number of imidazole rings is 1. The fraction of sp³-hybridized carbons (Fsp3) is 0.154. The van der Waals surface area contributed by atoms with E-state index in [0.717, 1.165) is 55.7 Å². The number of para-hydroxylation sites is 2. The lowest BCUT2D eigenvalue weighted by atomic mass is 9.92. The van der Waals surface area contributed by atoms with Crippen LogP contribution in [0, 0.1) is 13.8 Å². The first-order chi connectivity index (χ1) is 15.3. The molecule has 0 spiro atoms. The number of pyridine rings is 1. The van der Waals surface area contributed by atoms with E-state index in [-0.39, 0.29) is 0 Å². The molecule has 6 rings (SSSR count). The Balaban J connectivity index is 1.75. The minimum absolute atomic E-state index is 0.451. The van der Waals surface area contributed by atoms with Crippen molar-refractivity contribution < 1.29 is 8.68 Å². The number of hydrogen-bond donors (Lipinski definition) is 0. The quantitative estimate of drug-likeness (QED) is 0.360. The summed E-state index contributed by atoms with van der Waals surface area (Å²) < 4.78 is 29.4. The number of aryl methyl sites for hydroxylation is 1. The van der Waals surface area contributed by atoms with Crippen molar-refractivity contribution in [3.63, 3.8) is 0 Å². The van der Waals surface area contributed by atoms with Crippen molar-refractivity contribution in [1.82, 2.24) is 9.55 Å². The summed E-state index contributed by atoms with van der Waals surface area (Å²) >= 11 is 0. The molecule has 0 radical (unpaired) electrons. The van der Waals surface area contributed by atoms with Gasteiger partial charge in [-0.1, -0.05) is 30.3 Å². The standard InChI is InChI=1S/C26H22N3/c1-16-17(2)21(26-19-9-5-4-8-18(19)12-13-28(26)3)14-24-20(16)15-25-27-22-10-6-7-11-23(22)29(24)25/h4-14H,15H2,1-3H3/q+1/i1D3. The molecule has 29 heavy (non-hydrogen) atoms. The van der Waals surface area contributed by atoms with Crippen LogP contribution >= 0.6 is 0 Å². The average Bonchev–Trinajstić information content (AvgIpc) is 3.28. The number of benzene rings is 3. The van der Waals surface area contributed by atoms with Gasteiger partial charge >= 0.3 is 0 Å². The van der Waals surface area contributed by atoms with E-state index in [1.54, 1.807) is 0 Å². The van der Waals surface area contributed by atoms with Crippen molar-refractivity contribution in [3.05, 3.63) is 89.4 Å². The zero-order chi connectivity index (χ0) is 22.2. The number of nitrogens with zero attached hydrogens (tertiary/aromatic N) is 3. The maximum Gasteiger partial charge on any atom is 0.220 e. The van der Waals surface area contributed by atoms with Gasteiger partial charge in [-0.05, 0) is 60.1 Å². The molecule has 0 saturated carbocycles. The predicted octanol–water partition coefficient (Wildman–Crippen LogP) is 5.19. The maximum absolute atomic E-state index is 8.38. The molecular formula is C26H22N3+. The normalized spacial score (nSPS) is 14.5. The minimum Gasteiger partial charge on any atom is -0.296 e. The van der Waals surface area contributed by atoms with Gasteiger partial charge in [0.05, 0.1) is 27.7 Å². The van der Waals surface area contributed by atoms with Crippen LogP contribution in [0.1, 0.15) is 26.6 Å². The highest BCUT2D eigenvalue weighted by atomic mass is 15.1. The Morgan fingerprint density at radius 1 is 1.03 bits per heavy atom. The van der Waals surface area contributed by atoms with Gasteiger partial charge in [0.2, 0.25) is 5.69 Å². The lowest BCUT2D eigenvalue weighted by Gasteiger charge is -2.15. The number of fused-ring (bicyclic) bond motifs is 6. The van der Waals surface area contributed by atoms with Crippen LogP contribution in [0.25, 0.3) is 38.8 Å². The highest BCUT2D eigenvalue weighted by Crippen LogP contribution is 2.39. The molecule has 1 aliphatic rings. The Morgan fingerprint density at radius 2 is 1.86 bits per heavy atom. The Kier molecular flexibility index (Phi) is 2.72. The molecule has 0 unspecified atom stereocenters. The molecule has 0 N–H and O–H groups in total. The minimum atomic E-state index is -2.22. The Labute approximate surface area is 174 Å². The fourth-order valence-electron chi connectivity index (χ4n) is 4.72. The van der Waals surface area contributed by atoms with Crippen LogP contribution in [0.3, 0.4) is 0 Å². The zero-order valence-electron chi connectivity index (χ0n) is 19.4. The molecule has 0 fully saturated rings. The van der Waals surface area contributed by atoms with Crippen molar-refractivity contribution in [1.29, 1.82) is 0 Å². The molecule has 3 heterocycles. The summed E-state index contributed by atoms with van der Waals surface area (Å²) in [5.41, 5.74) is 6.96. The smallest absolute Gasteiger partial charge is 0.220 e. The third-order valence-corrected chi connectivity index (χ3v) is 6.18. The van der Waals surface area contributed by atoms with Gasteiger partial charge in [-0.15, -0.1) is 0 Å². The summed E-state index contributed by atoms with van der Waals surface area (Å²) in [5, 5.41) is 2.23. The highest BCUT2D eigenvalue weighted by Gasteiger charge is 2.28. The summed E-state index contributed by atoms with van der Waals surface area (Å²) in [5.74, 6) is 0.894. The molecule has 0 saturated heterocycles. The number of hydrogen-bond acceptors (Lipinski definition) is 1. The largest absolute Gasteiger partial charge is 0.296 e. The van der Waals surface area contributed by atoms with E-state index in [0.29, 0.717) is 12.0 Å². The molecule has 0 aliphatic carbocycles. The molecule has 0 amide bonds. The second-order valence-corrected chi connectivity index (χ2v) is 7.81. The third-order valence-electron chi connectivity index (χ3n) is 6.18. The van der Waals surface area contributed by atoms with E-state index in [2.05, 4.69) is 33.4 Å². The predicted molar refractivity (Wildman–Crippen MR) is 117 cm³/mol. The van der Waals surface area contributed by atoms with Gasteiger partial charge in [-0.25, -0.2) is 9.55 Å². The van der Waals surface area contributed by atoms with E-state index in [4.69, 9.17) is 9.10 Å². The van der Waals surface area contributed by atoms with E-state index in [1.807, 2.05) is 56.6 Å². The van der Waals surface area contributed by atoms with Gasteiger partial charge in [0.25, 0.3) is 0 Å². The molecule has 0 bridgehead atoms.